The fourth-order valence-electron chi connectivity index (χ4n) is 2.98. The Bertz CT molecular complexity index is 459. The molecule has 104 valence electrons. The van der Waals surface area contributed by atoms with Crippen molar-refractivity contribution in [2.45, 2.75) is 45.1 Å². The molecule has 2 unspecified atom stereocenters. The summed E-state index contributed by atoms with van der Waals surface area (Å²) in [4.78, 5) is 11.3. The molecule has 0 heterocycles. The first-order chi connectivity index (χ1) is 9.13. The summed E-state index contributed by atoms with van der Waals surface area (Å²) in [6.07, 6.45) is 5.89. The van der Waals surface area contributed by atoms with E-state index in [9.17, 15) is 9.90 Å². The van der Waals surface area contributed by atoms with Gasteiger partial charge in [0.1, 0.15) is 0 Å². The molecule has 0 spiro atoms. The van der Waals surface area contributed by atoms with Crippen LogP contribution in [-0.4, -0.2) is 17.1 Å². The van der Waals surface area contributed by atoms with E-state index in [-0.39, 0.29) is 5.56 Å². The minimum absolute atomic E-state index is 0.264. The summed E-state index contributed by atoms with van der Waals surface area (Å²) < 4.78 is 0. The fourth-order valence-corrected chi connectivity index (χ4v) is 2.98. The molecule has 2 rings (SSSR count). The second-order valence-electron chi connectivity index (χ2n) is 5.28. The molecule has 2 atom stereocenters. The van der Waals surface area contributed by atoms with Gasteiger partial charge in [-0.15, -0.1) is 0 Å². The minimum Gasteiger partial charge on any atom is -0.478 e. The maximum Gasteiger partial charge on any atom is 0.337 e. The number of anilines is 2. The average Bonchev–Trinajstić information content (AvgIpc) is 2.41. The van der Waals surface area contributed by atoms with E-state index in [1.807, 2.05) is 0 Å². The van der Waals surface area contributed by atoms with Gasteiger partial charge in [-0.2, -0.15) is 0 Å². The van der Waals surface area contributed by atoms with Crippen molar-refractivity contribution in [3.63, 3.8) is 0 Å². The molecule has 1 aliphatic rings. The van der Waals surface area contributed by atoms with Gasteiger partial charge in [-0.1, -0.05) is 32.3 Å². The number of nitrogen functional groups attached to an aromatic ring is 1. The molecule has 1 fully saturated rings. The number of hydrogen-bond donors (Lipinski definition) is 3. The maximum atomic E-state index is 11.3. The third kappa shape index (κ3) is 3.00. The summed E-state index contributed by atoms with van der Waals surface area (Å²) in [6.45, 7) is 2.19. The Kier molecular flexibility index (Phi) is 4.30. The predicted molar refractivity (Wildman–Crippen MR) is 77.5 cm³/mol. The Morgan fingerprint density at radius 2 is 2.16 bits per heavy atom. The van der Waals surface area contributed by atoms with E-state index in [1.54, 1.807) is 18.2 Å². The number of carboxylic acid groups (broad SMARTS) is 1. The lowest BCUT2D eigenvalue weighted by molar-refractivity contribution is 0.0698. The molecule has 0 bridgehead atoms. The van der Waals surface area contributed by atoms with Crippen LogP contribution < -0.4 is 11.1 Å². The van der Waals surface area contributed by atoms with Crippen molar-refractivity contribution in [1.82, 2.24) is 0 Å². The van der Waals surface area contributed by atoms with E-state index in [1.165, 1.54) is 19.3 Å². The Hall–Kier alpha value is -1.71. The highest BCUT2D eigenvalue weighted by atomic mass is 16.4. The molecule has 1 aliphatic carbocycles. The third-order valence-corrected chi connectivity index (χ3v) is 4.09. The molecule has 1 aromatic rings. The van der Waals surface area contributed by atoms with Crippen LogP contribution in [0.3, 0.4) is 0 Å². The van der Waals surface area contributed by atoms with Gasteiger partial charge in [-0.3, -0.25) is 0 Å². The summed E-state index contributed by atoms with van der Waals surface area (Å²) >= 11 is 0. The summed E-state index contributed by atoms with van der Waals surface area (Å²) in [5.74, 6) is -0.325. The maximum absolute atomic E-state index is 11.3. The largest absolute Gasteiger partial charge is 0.478 e. The molecule has 1 saturated carbocycles. The monoisotopic (exact) mass is 262 g/mol. The van der Waals surface area contributed by atoms with Crippen LogP contribution in [0.5, 0.6) is 0 Å². The van der Waals surface area contributed by atoms with Crippen molar-refractivity contribution in [1.29, 1.82) is 0 Å². The van der Waals surface area contributed by atoms with Gasteiger partial charge in [-0.25, -0.2) is 4.79 Å². The molecule has 4 nitrogen and oxygen atoms in total. The molecule has 1 aromatic carbocycles. The van der Waals surface area contributed by atoms with Crippen molar-refractivity contribution < 1.29 is 9.90 Å². The van der Waals surface area contributed by atoms with Crippen molar-refractivity contribution in [2.24, 2.45) is 5.92 Å². The van der Waals surface area contributed by atoms with Crippen molar-refractivity contribution in [3.05, 3.63) is 23.8 Å². The van der Waals surface area contributed by atoms with Gasteiger partial charge in [0, 0.05) is 6.04 Å². The summed E-state index contributed by atoms with van der Waals surface area (Å²) in [5.41, 5.74) is 7.30. The average molecular weight is 262 g/mol. The number of nitrogens with one attached hydrogen (secondary N) is 1. The molecular weight excluding hydrogens is 240 g/mol. The van der Waals surface area contributed by atoms with E-state index >= 15 is 0 Å². The fraction of sp³-hybridized carbons (Fsp3) is 0.533. The van der Waals surface area contributed by atoms with Gasteiger partial charge < -0.3 is 16.2 Å². The lowest BCUT2D eigenvalue weighted by Crippen LogP contribution is -2.32. The summed E-state index contributed by atoms with van der Waals surface area (Å²) in [6, 6.07) is 5.37. The lowest BCUT2D eigenvalue weighted by atomic mass is 9.82. The zero-order valence-corrected chi connectivity index (χ0v) is 11.4. The number of para-hydroxylation sites is 1. The Morgan fingerprint density at radius 3 is 2.84 bits per heavy atom. The number of aromatic carboxylic acids is 1. The van der Waals surface area contributed by atoms with E-state index in [0.29, 0.717) is 23.3 Å². The van der Waals surface area contributed by atoms with Crippen LogP contribution in [0.25, 0.3) is 0 Å². The van der Waals surface area contributed by atoms with E-state index in [0.717, 1.165) is 12.8 Å². The van der Waals surface area contributed by atoms with Crippen LogP contribution >= 0.6 is 0 Å². The van der Waals surface area contributed by atoms with Gasteiger partial charge in [0.25, 0.3) is 0 Å². The van der Waals surface area contributed by atoms with Crippen molar-refractivity contribution >= 4 is 17.3 Å². The molecule has 0 aliphatic heterocycles. The number of carboxylic acids is 1. The number of carbonyl (C=O) groups is 1. The van der Waals surface area contributed by atoms with Gasteiger partial charge >= 0.3 is 5.97 Å². The first-order valence-corrected chi connectivity index (χ1v) is 7.01. The number of rotatable bonds is 4. The second-order valence-corrected chi connectivity index (χ2v) is 5.28. The summed E-state index contributed by atoms with van der Waals surface area (Å²) in [7, 11) is 0. The zero-order valence-electron chi connectivity index (χ0n) is 11.4. The van der Waals surface area contributed by atoms with Gasteiger partial charge in [0.15, 0.2) is 0 Å². The lowest BCUT2D eigenvalue weighted by Gasteiger charge is -2.33. The van der Waals surface area contributed by atoms with Gasteiger partial charge in [-0.05, 0) is 30.9 Å². The standard InChI is InChI=1S/C15H22N2O2/c1-2-10-6-3-4-9-13(10)17-14-11(15(18)19)7-5-8-12(14)16/h5,7-8,10,13,17H,2-4,6,9,16H2,1H3,(H,18,19). The zero-order chi connectivity index (χ0) is 13.8. The molecule has 4 heteroatoms. The Morgan fingerprint density at radius 1 is 1.42 bits per heavy atom. The molecule has 0 saturated heterocycles. The van der Waals surface area contributed by atoms with Gasteiger partial charge in [0.2, 0.25) is 0 Å². The van der Waals surface area contributed by atoms with E-state index in [2.05, 4.69) is 12.2 Å². The predicted octanol–water partition coefficient (Wildman–Crippen LogP) is 3.35. The molecule has 0 aromatic heterocycles. The molecule has 0 radical (unpaired) electrons. The molecule has 19 heavy (non-hydrogen) atoms. The van der Waals surface area contributed by atoms with Crippen molar-refractivity contribution in [2.75, 3.05) is 11.1 Å². The normalized spacial score (nSPS) is 23.0. The Balaban J connectivity index is 2.24. The smallest absolute Gasteiger partial charge is 0.337 e. The number of nitrogens with two attached hydrogens (primary N) is 1. The van der Waals surface area contributed by atoms with Gasteiger partial charge in [0.05, 0.1) is 16.9 Å². The highest BCUT2D eigenvalue weighted by Crippen LogP contribution is 2.32. The minimum atomic E-state index is -0.932. The topological polar surface area (TPSA) is 75.3 Å². The second kappa shape index (κ2) is 5.95. The SMILES string of the molecule is CCC1CCCCC1Nc1c(N)cccc1C(=O)O. The van der Waals surface area contributed by atoms with E-state index in [4.69, 9.17) is 5.73 Å². The quantitative estimate of drug-likeness (QED) is 0.727. The van der Waals surface area contributed by atoms with E-state index < -0.39 is 5.97 Å². The molecule has 4 N–H and O–H groups in total. The van der Waals surface area contributed by atoms with Crippen LogP contribution in [0.15, 0.2) is 18.2 Å². The van der Waals surface area contributed by atoms with Crippen LogP contribution in [0.4, 0.5) is 11.4 Å². The van der Waals surface area contributed by atoms with Crippen LogP contribution in [0, 0.1) is 5.92 Å². The Labute approximate surface area is 114 Å². The number of hydrogen-bond acceptors (Lipinski definition) is 3. The van der Waals surface area contributed by atoms with Crippen LogP contribution in [0.1, 0.15) is 49.4 Å². The van der Waals surface area contributed by atoms with Crippen LogP contribution in [0.2, 0.25) is 0 Å². The van der Waals surface area contributed by atoms with Crippen molar-refractivity contribution in [3.8, 4) is 0 Å². The molecular formula is C15H22N2O2. The summed E-state index contributed by atoms with van der Waals surface area (Å²) in [5, 5.41) is 12.6. The highest BCUT2D eigenvalue weighted by molar-refractivity contribution is 5.97. The highest BCUT2D eigenvalue weighted by Gasteiger charge is 2.25. The first kappa shape index (κ1) is 13.7. The first-order valence-electron chi connectivity index (χ1n) is 7.01. The molecule has 0 amide bonds. The number of benzene rings is 1. The van der Waals surface area contributed by atoms with Crippen LogP contribution in [-0.2, 0) is 0 Å². The third-order valence-electron chi connectivity index (χ3n) is 4.09.